The van der Waals surface area contributed by atoms with Crippen LogP contribution in [0.2, 0.25) is 5.02 Å². The molecule has 0 aromatic heterocycles. The number of sulfonamides is 1. The molecule has 2 atom stereocenters. The third-order valence-corrected chi connectivity index (χ3v) is 10.5. The number of rotatable bonds is 8. The van der Waals surface area contributed by atoms with Gasteiger partial charge in [-0.2, -0.15) is 4.31 Å². The largest absolute Gasteiger partial charge is 0.490 e. The van der Waals surface area contributed by atoms with E-state index < -0.39 is 22.0 Å². The van der Waals surface area contributed by atoms with E-state index in [1.54, 1.807) is 18.2 Å². The average Bonchev–Trinajstić information content (AvgIpc) is 3.54. The quantitative estimate of drug-likeness (QED) is 0.193. The molecule has 1 saturated heterocycles. The van der Waals surface area contributed by atoms with Crippen LogP contribution in [0.5, 0.6) is 11.5 Å². The molecular weight excluding hydrogens is 586 g/mol. The number of carbonyl (C=O) groups excluding carboxylic acids is 1. The van der Waals surface area contributed by atoms with Gasteiger partial charge in [0.05, 0.1) is 18.1 Å². The number of benzene rings is 4. The molecule has 0 radical (unpaired) electrons. The molecule has 1 heterocycles. The number of hydrogen-bond acceptors (Lipinski definition) is 6. The Kier molecular flexibility index (Phi) is 8.61. The number of halogens is 1. The number of esters is 1. The fourth-order valence-electron chi connectivity index (χ4n) is 5.99. The molecule has 6 rings (SSSR count). The summed E-state index contributed by atoms with van der Waals surface area (Å²) in [5, 5.41) is 2.36. The molecule has 0 spiro atoms. The Hall–Kier alpha value is -3.59. The molecule has 0 N–H and O–H groups in total. The lowest BCUT2D eigenvalue weighted by molar-refractivity contribution is -0.147. The van der Waals surface area contributed by atoms with E-state index in [0.717, 1.165) is 40.5 Å². The van der Waals surface area contributed by atoms with Crippen LogP contribution in [0.15, 0.2) is 89.8 Å². The first kappa shape index (κ1) is 29.5. The molecule has 0 unspecified atom stereocenters. The second-order valence-electron chi connectivity index (χ2n) is 11.1. The van der Waals surface area contributed by atoms with Crippen LogP contribution < -0.4 is 9.47 Å². The highest BCUT2D eigenvalue weighted by Crippen LogP contribution is 2.33. The Balaban J connectivity index is 1.16. The molecule has 43 heavy (non-hydrogen) atoms. The van der Waals surface area contributed by atoms with Crippen molar-refractivity contribution in [3.8, 4) is 22.6 Å². The third-order valence-electron chi connectivity index (χ3n) is 8.31. The lowest BCUT2D eigenvalue weighted by Gasteiger charge is -2.36. The maximum absolute atomic E-state index is 13.9. The monoisotopic (exact) mass is 619 g/mol. The number of hydrogen-bond donors (Lipinski definition) is 0. The van der Waals surface area contributed by atoms with Gasteiger partial charge in [-0.05, 0) is 103 Å². The molecule has 0 amide bonds. The molecule has 1 aliphatic heterocycles. The van der Waals surface area contributed by atoms with Gasteiger partial charge in [-0.15, -0.1) is 0 Å². The molecule has 1 saturated carbocycles. The molecule has 1 aliphatic carbocycles. The van der Waals surface area contributed by atoms with Gasteiger partial charge in [0, 0.05) is 18.0 Å². The predicted molar refractivity (Wildman–Crippen MR) is 167 cm³/mol. The number of nitrogens with zero attached hydrogens (tertiary/aromatic N) is 1. The lowest BCUT2D eigenvalue weighted by Crippen LogP contribution is -2.52. The van der Waals surface area contributed by atoms with Crippen molar-refractivity contribution in [3.63, 3.8) is 0 Å². The fraction of sp³-hybridized carbons (Fsp3) is 0.324. The summed E-state index contributed by atoms with van der Waals surface area (Å²) in [5.74, 6) is 0.834. The van der Waals surface area contributed by atoms with Gasteiger partial charge in [0.2, 0.25) is 10.0 Å². The second kappa shape index (κ2) is 12.6. The van der Waals surface area contributed by atoms with Crippen LogP contribution in [0.1, 0.15) is 38.5 Å². The highest BCUT2D eigenvalue weighted by Gasteiger charge is 2.42. The van der Waals surface area contributed by atoms with Crippen molar-refractivity contribution in [3.05, 3.63) is 90.0 Å². The Labute approximate surface area is 257 Å². The summed E-state index contributed by atoms with van der Waals surface area (Å²) >= 11 is 6.00. The van der Waals surface area contributed by atoms with Gasteiger partial charge in [0.25, 0.3) is 0 Å². The summed E-state index contributed by atoms with van der Waals surface area (Å²) in [6.45, 7) is 0.127. The van der Waals surface area contributed by atoms with Gasteiger partial charge in [-0.1, -0.05) is 48.0 Å². The van der Waals surface area contributed by atoms with Crippen LogP contribution in [0.3, 0.4) is 0 Å². The number of methoxy groups -OCH3 is 1. The predicted octanol–water partition coefficient (Wildman–Crippen LogP) is 7.26. The molecule has 2 aliphatic rings. The standard InChI is InChI=1S/C34H34ClNO6S/c1-40-34(37)33-22-31(42-29-14-8-24(9-15-29)23-6-12-27(35)13-7-23)18-19-36(33)43(38,39)32-17-11-25-20-30(16-10-26(25)21-32)41-28-4-2-3-5-28/h6-17,20-21,28,31,33H,2-5,18-19,22H2,1H3/t31-,33-/m0/s1. The molecular formula is C34H34ClNO6S. The zero-order valence-electron chi connectivity index (χ0n) is 23.9. The van der Waals surface area contributed by atoms with E-state index in [2.05, 4.69) is 0 Å². The fourth-order valence-corrected chi connectivity index (χ4v) is 7.75. The van der Waals surface area contributed by atoms with Gasteiger partial charge < -0.3 is 14.2 Å². The maximum atomic E-state index is 13.9. The summed E-state index contributed by atoms with van der Waals surface area (Å²) in [6, 6.07) is 25.0. The average molecular weight is 620 g/mol. The Morgan fingerprint density at radius 3 is 2.07 bits per heavy atom. The van der Waals surface area contributed by atoms with E-state index in [1.807, 2.05) is 66.7 Å². The van der Waals surface area contributed by atoms with Crippen molar-refractivity contribution in [2.75, 3.05) is 13.7 Å². The highest BCUT2D eigenvalue weighted by atomic mass is 35.5. The summed E-state index contributed by atoms with van der Waals surface area (Å²) in [6.07, 6.45) is 5.01. The molecule has 2 fully saturated rings. The van der Waals surface area contributed by atoms with E-state index in [4.69, 9.17) is 25.8 Å². The maximum Gasteiger partial charge on any atom is 0.324 e. The number of carbonyl (C=O) groups is 1. The summed E-state index contributed by atoms with van der Waals surface area (Å²) in [4.78, 5) is 13.0. The van der Waals surface area contributed by atoms with Crippen molar-refractivity contribution < 1.29 is 27.4 Å². The minimum absolute atomic E-state index is 0.127. The van der Waals surface area contributed by atoms with E-state index in [0.29, 0.717) is 17.2 Å². The Morgan fingerprint density at radius 1 is 0.767 bits per heavy atom. The van der Waals surface area contributed by atoms with Gasteiger partial charge in [0.15, 0.2) is 0 Å². The Morgan fingerprint density at radius 2 is 1.37 bits per heavy atom. The van der Waals surface area contributed by atoms with Crippen molar-refractivity contribution in [1.29, 1.82) is 0 Å². The zero-order valence-corrected chi connectivity index (χ0v) is 25.5. The topological polar surface area (TPSA) is 82.1 Å². The number of piperidine rings is 1. The first-order chi connectivity index (χ1) is 20.8. The van der Waals surface area contributed by atoms with E-state index in [1.165, 1.54) is 24.3 Å². The molecule has 0 bridgehead atoms. The molecule has 7 nitrogen and oxygen atoms in total. The Bertz CT molecular complexity index is 1700. The van der Waals surface area contributed by atoms with Crippen molar-refractivity contribution in [2.24, 2.45) is 0 Å². The number of ether oxygens (including phenoxy) is 3. The van der Waals surface area contributed by atoms with Crippen molar-refractivity contribution in [1.82, 2.24) is 4.31 Å². The first-order valence-electron chi connectivity index (χ1n) is 14.6. The summed E-state index contributed by atoms with van der Waals surface area (Å²) < 4.78 is 46.3. The highest BCUT2D eigenvalue weighted by molar-refractivity contribution is 7.89. The smallest absolute Gasteiger partial charge is 0.324 e. The van der Waals surface area contributed by atoms with Gasteiger partial charge >= 0.3 is 5.97 Å². The van der Waals surface area contributed by atoms with E-state index >= 15 is 0 Å². The van der Waals surface area contributed by atoms with Crippen LogP contribution in [-0.2, 0) is 19.6 Å². The van der Waals surface area contributed by atoms with E-state index in [-0.39, 0.29) is 30.1 Å². The van der Waals surface area contributed by atoms with Crippen LogP contribution >= 0.6 is 11.6 Å². The molecule has 4 aromatic rings. The summed E-state index contributed by atoms with van der Waals surface area (Å²) in [7, 11) is -2.71. The SMILES string of the molecule is COC(=O)[C@@H]1C[C@@H](Oc2ccc(-c3ccc(Cl)cc3)cc2)CCN1S(=O)(=O)c1ccc2cc(OC3CCCC3)ccc2c1. The van der Waals surface area contributed by atoms with Gasteiger partial charge in [0.1, 0.15) is 23.6 Å². The molecule has 9 heteroatoms. The van der Waals surface area contributed by atoms with Crippen molar-refractivity contribution in [2.45, 2.75) is 61.7 Å². The zero-order chi connectivity index (χ0) is 30.0. The third kappa shape index (κ3) is 6.51. The second-order valence-corrected chi connectivity index (χ2v) is 13.5. The van der Waals surface area contributed by atoms with E-state index in [9.17, 15) is 13.2 Å². The van der Waals surface area contributed by atoms with Crippen LogP contribution in [-0.4, -0.2) is 50.6 Å². The lowest BCUT2D eigenvalue weighted by atomic mass is 10.0. The first-order valence-corrected chi connectivity index (χ1v) is 16.4. The van der Waals surface area contributed by atoms with Crippen molar-refractivity contribution >= 4 is 38.4 Å². The van der Waals surface area contributed by atoms with Gasteiger partial charge in [-0.25, -0.2) is 8.42 Å². The van der Waals surface area contributed by atoms with Crippen LogP contribution in [0.4, 0.5) is 0 Å². The molecule has 4 aromatic carbocycles. The van der Waals surface area contributed by atoms with Gasteiger partial charge in [-0.3, -0.25) is 4.79 Å². The normalized spacial score (nSPS) is 19.8. The van der Waals surface area contributed by atoms with Crippen LogP contribution in [0, 0.1) is 0 Å². The minimum atomic E-state index is -3.99. The number of fused-ring (bicyclic) bond motifs is 1. The van der Waals surface area contributed by atoms with Crippen LogP contribution in [0.25, 0.3) is 21.9 Å². The summed E-state index contributed by atoms with van der Waals surface area (Å²) in [5.41, 5.74) is 2.05. The molecule has 224 valence electrons. The minimum Gasteiger partial charge on any atom is -0.490 e.